The quantitative estimate of drug-likeness (QED) is 0.0533. The van der Waals surface area contributed by atoms with Crippen molar-refractivity contribution in [1.29, 1.82) is 0 Å². The first-order chi connectivity index (χ1) is 43.8. The van der Waals surface area contributed by atoms with Crippen molar-refractivity contribution < 1.29 is 0 Å². The Labute approximate surface area is 533 Å². The molecule has 0 bridgehead atoms. The molecule has 89 heavy (non-hydrogen) atoms. The van der Waals surface area contributed by atoms with Gasteiger partial charge in [-0.05, 0) is 225 Å². The Bertz CT molecular complexity index is 3700. The van der Waals surface area contributed by atoms with Crippen molar-refractivity contribution in [2.24, 2.45) is 0 Å². The summed E-state index contributed by atoms with van der Waals surface area (Å²) in [6.07, 6.45) is 21.1. The molecule has 0 atom stereocenters. The van der Waals surface area contributed by atoms with Gasteiger partial charge in [0, 0.05) is 50.4 Å². The Balaban J connectivity index is 0.903. The average molecular weight is 1170 g/mol. The maximum Gasteiger partial charge on any atom is 0.0465 e. The van der Waals surface area contributed by atoms with Crippen LogP contribution in [0.4, 0.5) is 34.1 Å². The molecular weight excluding hydrogens is 1070 g/mol. The summed E-state index contributed by atoms with van der Waals surface area (Å²) in [4.78, 5) is 4.91. The van der Waals surface area contributed by atoms with Crippen LogP contribution in [0.2, 0.25) is 0 Å². The van der Waals surface area contributed by atoms with Crippen LogP contribution < -0.4 is 9.80 Å². The third-order valence-corrected chi connectivity index (χ3v) is 21.0. The zero-order valence-corrected chi connectivity index (χ0v) is 54.1. The second kappa shape index (κ2) is 26.1. The van der Waals surface area contributed by atoms with E-state index in [1.54, 1.807) is 11.1 Å². The lowest BCUT2D eigenvalue weighted by Crippen LogP contribution is -2.26. The summed E-state index contributed by atoms with van der Waals surface area (Å²) >= 11 is 0. The highest BCUT2D eigenvalue weighted by Gasteiger charge is 2.46. The maximum absolute atomic E-state index is 2.67. The minimum Gasteiger partial charge on any atom is -0.310 e. The Hall–Kier alpha value is -8.20. The molecule has 0 saturated carbocycles. The molecule has 10 aromatic rings. The van der Waals surface area contributed by atoms with Gasteiger partial charge in [0.1, 0.15) is 0 Å². The van der Waals surface area contributed by atoms with E-state index in [-0.39, 0.29) is 16.2 Å². The second-order valence-corrected chi connectivity index (χ2v) is 26.4. The molecule has 3 aliphatic rings. The molecule has 0 spiro atoms. The smallest absolute Gasteiger partial charge is 0.0465 e. The van der Waals surface area contributed by atoms with Gasteiger partial charge in [-0.1, -0.05) is 252 Å². The first-order valence-corrected chi connectivity index (χ1v) is 34.5. The Morgan fingerprint density at radius 2 is 0.416 bits per heavy atom. The number of hydrogen-bond acceptors (Lipinski definition) is 2. The van der Waals surface area contributed by atoms with Gasteiger partial charge in [-0.15, -0.1) is 0 Å². The molecule has 2 heteroatoms. The largest absolute Gasteiger partial charge is 0.310 e. The van der Waals surface area contributed by atoms with Gasteiger partial charge in [0.05, 0.1) is 0 Å². The van der Waals surface area contributed by atoms with Crippen molar-refractivity contribution in [3.63, 3.8) is 0 Å². The van der Waals surface area contributed by atoms with E-state index in [0.717, 1.165) is 38.5 Å². The van der Waals surface area contributed by atoms with Crippen molar-refractivity contribution in [2.45, 2.75) is 173 Å². The molecule has 0 heterocycles. The number of para-hydroxylation sites is 4. The van der Waals surface area contributed by atoms with Crippen LogP contribution in [0.3, 0.4) is 0 Å². The van der Waals surface area contributed by atoms with Crippen molar-refractivity contribution in [3.05, 3.63) is 264 Å². The number of rotatable bonds is 26. The van der Waals surface area contributed by atoms with Crippen LogP contribution in [0.5, 0.6) is 0 Å². The Kier molecular flexibility index (Phi) is 17.5. The van der Waals surface area contributed by atoms with E-state index in [2.05, 4.69) is 282 Å². The highest BCUT2D eigenvalue weighted by atomic mass is 15.1. The monoisotopic (exact) mass is 1160 g/mol. The number of hydrogen-bond donors (Lipinski definition) is 0. The van der Waals surface area contributed by atoms with Gasteiger partial charge in [-0.3, -0.25) is 0 Å². The average Bonchev–Trinajstić information content (AvgIpc) is 1.60. The van der Waals surface area contributed by atoms with E-state index in [9.17, 15) is 0 Å². The van der Waals surface area contributed by atoms with E-state index in [0.29, 0.717) is 0 Å². The first-order valence-electron chi connectivity index (χ1n) is 34.5. The van der Waals surface area contributed by atoms with Gasteiger partial charge in [-0.25, -0.2) is 0 Å². The predicted molar refractivity (Wildman–Crippen MR) is 382 cm³/mol. The summed E-state index contributed by atoms with van der Waals surface area (Å²) in [7, 11) is 0. The SMILES string of the molecule is CCCCC1(CCCC)c2cc(-c3ccc4c(c3)C(CCCC)(CCCC)c3cc(N(c5ccccc5)c5ccccc5)ccc3-4)ccc2-c2ccc(-c3ccc4c(c3)C(CCCC)(CCCC)c3cc(N(c5ccccc5)c5ccccc5)ccc3-4)cc21. The number of unbranched alkanes of at least 4 members (excludes halogenated alkanes) is 6. The van der Waals surface area contributed by atoms with Gasteiger partial charge < -0.3 is 9.80 Å². The summed E-state index contributed by atoms with van der Waals surface area (Å²) in [5, 5.41) is 0. The Morgan fingerprint density at radius 3 is 0.629 bits per heavy atom. The molecule has 2 nitrogen and oxygen atoms in total. The molecule has 0 fully saturated rings. The first kappa shape index (κ1) is 59.7. The predicted octanol–water partition coefficient (Wildman–Crippen LogP) is 25.9. The summed E-state index contributed by atoms with van der Waals surface area (Å²) in [6, 6.07) is 89.2. The highest BCUT2D eigenvalue weighted by Crippen LogP contribution is 2.60. The van der Waals surface area contributed by atoms with Crippen molar-refractivity contribution in [1.82, 2.24) is 0 Å². The highest BCUT2D eigenvalue weighted by molar-refractivity contribution is 5.92. The molecule has 0 saturated heterocycles. The van der Waals surface area contributed by atoms with Crippen LogP contribution >= 0.6 is 0 Å². The lowest BCUT2D eigenvalue weighted by Gasteiger charge is -2.34. The molecule has 0 amide bonds. The van der Waals surface area contributed by atoms with Gasteiger partial charge >= 0.3 is 0 Å². The van der Waals surface area contributed by atoms with E-state index >= 15 is 0 Å². The molecule has 10 aromatic carbocycles. The van der Waals surface area contributed by atoms with Crippen molar-refractivity contribution in [3.8, 4) is 55.6 Å². The number of fused-ring (bicyclic) bond motifs is 9. The third kappa shape index (κ3) is 10.8. The summed E-state index contributed by atoms with van der Waals surface area (Å²) in [6.45, 7) is 14.3. The normalized spacial score (nSPS) is 14.1. The Morgan fingerprint density at radius 1 is 0.213 bits per heavy atom. The van der Waals surface area contributed by atoms with Gasteiger partial charge in [-0.2, -0.15) is 0 Å². The molecular formula is C87H92N2. The molecule has 0 unspecified atom stereocenters. The third-order valence-electron chi connectivity index (χ3n) is 21.0. The molecule has 450 valence electrons. The fraction of sp³-hybridized carbons (Fsp3) is 0.310. The molecule has 0 aromatic heterocycles. The number of nitrogens with zero attached hydrogens (tertiary/aromatic N) is 2. The minimum absolute atomic E-state index is 0.0831. The summed E-state index contributed by atoms with van der Waals surface area (Å²) in [5.74, 6) is 0. The van der Waals surface area contributed by atoms with Crippen LogP contribution in [0.25, 0.3) is 55.6 Å². The van der Waals surface area contributed by atoms with Crippen LogP contribution in [-0.2, 0) is 16.2 Å². The van der Waals surface area contributed by atoms with E-state index in [1.165, 1.54) is 189 Å². The molecule has 0 N–H and O–H groups in total. The van der Waals surface area contributed by atoms with E-state index in [1.807, 2.05) is 0 Å². The van der Waals surface area contributed by atoms with Gasteiger partial charge in [0.2, 0.25) is 0 Å². The number of benzene rings is 10. The van der Waals surface area contributed by atoms with Gasteiger partial charge in [0.25, 0.3) is 0 Å². The summed E-state index contributed by atoms with van der Waals surface area (Å²) < 4.78 is 0. The van der Waals surface area contributed by atoms with Crippen LogP contribution in [0, 0.1) is 0 Å². The zero-order chi connectivity index (χ0) is 61.0. The standard InChI is InChI=1S/C87H92N2/c1-7-13-51-85(52-14-8-2)79-57-63(65-41-47-75-77-49-43-71(88(67-31-23-19-24-32-67)68-33-25-20-26-34-68)61-83(77)86(53-15-9-3,54-16-10-4)81(75)59-65)39-45-73(79)74-46-40-64(58-80(74)85)66-42-48-76-78-50-44-72(89(69-35-27-21-28-36-69)70-37-29-22-30-38-70)62-84(78)87(55-17-11-5,56-18-12-6)82(76)60-66/h19-50,57-62H,7-18,51-56H2,1-6H3. The van der Waals surface area contributed by atoms with E-state index in [4.69, 9.17) is 0 Å². The molecule has 3 aliphatic carbocycles. The maximum atomic E-state index is 2.67. The minimum atomic E-state index is -0.0853. The topological polar surface area (TPSA) is 6.48 Å². The molecule has 13 rings (SSSR count). The van der Waals surface area contributed by atoms with Crippen molar-refractivity contribution >= 4 is 34.1 Å². The molecule has 0 radical (unpaired) electrons. The lowest BCUT2D eigenvalue weighted by molar-refractivity contribution is 0.414. The number of anilines is 6. The summed E-state index contributed by atoms with van der Waals surface area (Å²) in [5.41, 5.74) is 30.0. The fourth-order valence-electron chi connectivity index (χ4n) is 16.5. The van der Waals surface area contributed by atoms with E-state index < -0.39 is 0 Å². The fourth-order valence-corrected chi connectivity index (χ4v) is 16.5. The van der Waals surface area contributed by atoms with Crippen molar-refractivity contribution in [2.75, 3.05) is 9.80 Å². The van der Waals surface area contributed by atoms with Crippen LogP contribution in [-0.4, -0.2) is 0 Å². The second-order valence-electron chi connectivity index (χ2n) is 26.4. The lowest BCUT2D eigenvalue weighted by atomic mass is 9.69. The molecule has 0 aliphatic heterocycles. The van der Waals surface area contributed by atoms with Crippen LogP contribution in [0.1, 0.15) is 190 Å². The zero-order valence-electron chi connectivity index (χ0n) is 54.1. The van der Waals surface area contributed by atoms with Crippen LogP contribution in [0.15, 0.2) is 231 Å². The van der Waals surface area contributed by atoms with Gasteiger partial charge in [0.15, 0.2) is 0 Å².